The van der Waals surface area contributed by atoms with Gasteiger partial charge in [-0.3, -0.25) is 4.98 Å². The van der Waals surface area contributed by atoms with E-state index in [-0.39, 0.29) is 17.6 Å². The normalized spacial score (nSPS) is 19.3. The first-order chi connectivity index (χ1) is 20.2. The number of pyridine rings is 1. The topological polar surface area (TPSA) is 73.6 Å². The summed E-state index contributed by atoms with van der Waals surface area (Å²) in [6.07, 6.45) is 4.14. The van der Waals surface area contributed by atoms with E-state index in [1.54, 1.807) is 18.3 Å². The maximum Gasteiger partial charge on any atom is 0.335 e. The molecule has 2 aromatic heterocycles. The van der Waals surface area contributed by atoms with Crippen molar-refractivity contribution in [1.82, 2.24) is 14.9 Å². The van der Waals surface area contributed by atoms with Crippen LogP contribution in [0.4, 0.5) is 11.4 Å². The highest BCUT2D eigenvalue weighted by atomic mass is 35.5. The Morgan fingerprint density at radius 2 is 1.74 bits per heavy atom. The molecule has 2 atom stereocenters. The molecule has 0 spiro atoms. The lowest BCUT2D eigenvalue weighted by Gasteiger charge is -2.33. The highest BCUT2D eigenvalue weighted by molar-refractivity contribution is 7.80. The summed E-state index contributed by atoms with van der Waals surface area (Å²) in [4.78, 5) is 20.7. The monoisotopic (exact) mass is 599 g/mol. The van der Waals surface area contributed by atoms with Gasteiger partial charge in [0.1, 0.15) is 0 Å². The zero-order chi connectivity index (χ0) is 29.5. The van der Waals surface area contributed by atoms with Gasteiger partial charge >= 0.3 is 5.97 Å². The van der Waals surface area contributed by atoms with Gasteiger partial charge in [-0.05, 0) is 111 Å². The molecule has 2 unspecified atom stereocenters. The number of nitrogens with zero attached hydrogens (tertiary/aromatic N) is 4. The third-order valence-electron chi connectivity index (χ3n) is 8.59. The SMILES string of the molecule is Cc1cc(C2C(c3ccccn3)NC(=S)N2c2ccc(N3CCC(C)CC3)c(Cl)c2)c(C)n1-c1ccc(C(=O)O)cc1. The summed E-state index contributed by atoms with van der Waals surface area (Å²) in [5.74, 6) is -0.201. The number of carbonyl (C=O) groups is 1. The van der Waals surface area contributed by atoms with Gasteiger partial charge in [-0.15, -0.1) is 0 Å². The predicted molar refractivity (Wildman–Crippen MR) is 172 cm³/mol. The molecule has 6 rings (SSSR count). The molecule has 2 aliphatic heterocycles. The number of hydrogen-bond donors (Lipinski definition) is 2. The van der Waals surface area contributed by atoms with Crippen LogP contribution in [-0.2, 0) is 0 Å². The van der Waals surface area contributed by atoms with Crippen molar-refractivity contribution in [2.45, 2.75) is 45.7 Å². The van der Waals surface area contributed by atoms with Crippen LogP contribution in [0.2, 0.25) is 5.02 Å². The van der Waals surface area contributed by atoms with E-state index in [1.165, 1.54) is 12.8 Å². The maximum absolute atomic E-state index is 11.4. The quantitative estimate of drug-likeness (QED) is 0.226. The second kappa shape index (κ2) is 11.4. The fourth-order valence-electron chi connectivity index (χ4n) is 6.34. The smallest absolute Gasteiger partial charge is 0.335 e. The van der Waals surface area contributed by atoms with Gasteiger partial charge in [0.15, 0.2) is 5.11 Å². The molecule has 0 amide bonds. The summed E-state index contributed by atoms with van der Waals surface area (Å²) in [6.45, 7) is 8.48. The summed E-state index contributed by atoms with van der Waals surface area (Å²) in [6, 6.07) is 21.0. The summed E-state index contributed by atoms with van der Waals surface area (Å²) in [5, 5.41) is 14.3. The molecule has 0 aliphatic carbocycles. The van der Waals surface area contributed by atoms with E-state index in [0.29, 0.717) is 10.1 Å². The van der Waals surface area contributed by atoms with Crippen molar-refractivity contribution in [3.8, 4) is 5.69 Å². The Morgan fingerprint density at radius 1 is 1.02 bits per heavy atom. The van der Waals surface area contributed by atoms with Crippen molar-refractivity contribution in [1.29, 1.82) is 0 Å². The number of carboxylic acids is 1. The number of anilines is 2. The average molecular weight is 600 g/mol. The third-order valence-corrected chi connectivity index (χ3v) is 9.21. The highest BCUT2D eigenvalue weighted by Crippen LogP contribution is 2.45. The second-order valence-corrected chi connectivity index (χ2v) is 12.1. The Hall–Kier alpha value is -3.88. The van der Waals surface area contributed by atoms with Gasteiger partial charge in [-0.25, -0.2) is 4.79 Å². The van der Waals surface area contributed by atoms with Crippen LogP contribution in [0.5, 0.6) is 0 Å². The van der Waals surface area contributed by atoms with E-state index in [0.717, 1.165) is 58.7 Å². The molecular formula is C33H34ClN5O2S. The Bertz CT molecular complexity index is 1630. The van der Waals surface area contributed by atoms with Gasteiger partial charge in [0, 0.05) is 42.0 Å². The zero-order valence-electron chi connectivity index (χ0n) is 23.9. The van der Waals surface area contributed by atoms with E-state index in [4.69, 9.17) is 28.8 Å². The van der Waals surface area contributed by atoms with Gasteiger partial charge in [0.25, 0.3) is 0 Å². The number of thiocarbonyl (C=S) groups is 1. The molecule has 0 radical (unpaired) electrons. The van der Waals surface area contributed by atoms with Crippen LogP contribution in [0, 0.1) is 19.8 Å². The molecule has 4 heterocycles. The molecule has 7 nitrogen and oxygen atoms in total. The standard InChI is InChI=1S/C33H34ClN5O2S/c1-20-13-16-37(17-14-20)29-12-11-25(19-27(29)34)39-31(30(36-33(39)42)28-6-4-5-15-35-28)26-18-21(2)38(22(26)3)24-9-7-23(8-10-24)32(40)41/h4-12,15,18-20,30-31H,13-14,16-17H2,1-3H3,(H,36,42)(H,40,41). The summed E-state index contributed by atoms with van der Waals surface area (Å²) < 4.78 is 2.16. The number of rotatable bonds is 6. The first-order valence-electron chi connectivity index (χ1n) is 14.3. The number of nitrogens with one attached hydrogen (secondary N) is 1. The van der Waals surface area contributed by atoms with Crippen molar-refractivity contribution in [2.75, 3.05) is 22.9 Å². The number of aromatic nitrogens is 2. The third kappa shape index (κ3) is 5.14. The fraction of sp³-hybridized carbons (Fsp3) is 0.303. The molecule has 2 N–H and O–H groups in total. The fourth-order valence-corrected chi connectivity index (χ4v) is 6.98. The van der Waals surface area contributed by atoms with Crippen molar-refractivity contribution in [3.63, 3.8) is 0 Å². The van der Waals surface area contributed by atoms with E-state index in [2.05, 4.69) is 58.7 Å². The first-order valence-corrected chi connectivity index (χ1v) is 15.1. The van der Waals surface area contributed by atoms with Crippen LogP contribution in [-0.4, -0.2) is 38.8 Å². The molecule has 2 aliphatic rings. The Morgan fingerprint density at radius 3 is 2.38 bits per heavy atom. The van der Waals surface area contributed by atoms with Crippen LogP contribution in [0.3, 0.4) is 0 Å². The lowest BCUT2D eigenvalue weighted by Crippen LogP contribution is -2.33. The summed E-state index contributed by atoms with van der Waals surface area (Å²) in [7, 11) is 0. The van der Waals surface area contributed by atoms with Crippen LogP contribution in [0.1, 0.15) is 64.9 Å². The summed E-state index contributed by atoms with van der Waals surface area (Å²) in [5.41, 5.74) is 7.22. The van der Waals surface area contributed by atoms with Crippen LogP contribution in [0.25, 0.3) is 5.69 Å². The van der Waals surface area contributed by atoms with E-state index in [9.17, 15) is 9.90 Å². The number of benzene rings is 2. The molecule has 0 bridgehead atoms. The van der Waals surface area contributed by atoms with Gasteiger partial charge in [-0.2, -0.15) is 0 Å². The average Bonchev–Trinajstić information content (AvgIpc) is 3.48. The number of piperidine rings is 1. The number of hydrogen-bond acceptors (Lipinski definition) is 4. The highest BCUT2D eigenvalue weighted by Gasteiger charge is 2.42. The first kappa shape index (κ1) is 28.2. The van der Waals surface area contributed by atoms with Gasteiger partial charge < -0.3 is 24.8 Å². The Kier molecular flexibility index (Phi) is 7.68. The largest absolute Gasteiger partial charge is 0.478 e. The predicted octanol–water partition coefficient (Wildman–Crippen LogP) is 7.25. The van der Waals surface area contributed by atoms with E-state index >= 15 is 0 Å². The lowest BCUT2D eigenvalue weighted by atomic mass is 9.96. The van der Waals surface area contributed by atoms with E-state index < -0.39 is 5.97 Å². The van der Waals surface area contributed by atoms with Crippen molar-refractivity contribution in [3.05, 3.63) is 106 Å². The number of carboxylic acid groups (broad SMARTS) is 1. The van der Waals surface area contributed by atoms with Gasteiger partial charge in [-0.1, -0.05) is 24.6 Å². The van der Waals surface area contributed by atoms with Gasteiger partial charge in [0.2, 0.25) is 0 Å². The molecule has 4 aromatic rings. The van der Waals surface area contributed by atoms with Crippen molar-refractivity contribution < 1.29 is 9.90 Å². The minimum atomic E-state index is -0.942. The maximum atomic E-state index is 11.4. The van der Waals surface area contributed by atoms with Crippen molar-refractivity contribution in [2.24, 2.45) is 5.92 Å². The summed E-state index contributed by atoms with van der Waals surface area (Å²) >= 11 is 12.9. The van der Waals surface area contributed by atoms with Crippen LogP contribution < -0.4 is 15.1 Å². The van der Waals surface area contributed by atoms with Crippen molar-refractivity contribution >= 4 is 46.3 Å². The number of aromatic carboxylic acids is 1. The van der Waals surface area contributed by atoms with E-state index in [1.807, 2.05) is 36.4 Å². The van der Waals surface area contributed by atoms with Crippen LogP contribution >= 0.6 is 23.8 Å². The molecule has 2 fully saturated rings. The minimum Gasteiger partial charge on any atom is -0.478 e. The molecule has 0 saturated carbocycles. The van der Waals surface area contributed by atoms with Crippen LogP contribution in [0.15, 0.2) is 72.9 Å². The Balaban J connectivity index is 1.42. The molecule has 2 aromatic carbocycles. The number of aryl methyl sites for hydroxylation is 1. The molecular weight excluding hydrogens is 566 g/mol. The molecule has 2 saturated heterocycles. The minimum absolute atomic E-state index is 0.191. The number of halogens is 1. The van der Waals surface area contributed by atoms with Gasteiger partial charge in [0.05, 0.1) is 34.1 Å². The molecule has 9 heteroatoms. The zero-order valence-corrected chi connectivity index (χ0v) is 25.5. The second-order valence-electron chi connectivity index (χ2n) is 11.3. The Labute approximate surface area is 256 Å². The molecule has 42 heavy (non-hydrogen) atoms. The lowest BCUT2D eigenvalue weighted by molar-refractivity contribution is 0.0697. The molecule has 216 valence electrons.